The average molecular weight is 568 g/mol. The fourth-order valence-electron chi connectivity index (χ4n) is 4.60. The average Bonchev–Trinajstić information content (AvgIpc) is 3.28. The van der Waals surface area contributed by atoms with Crippen LogP contribution in [-0.4, -0.2) is 49.1 Å². The fraction of sp³-hybridized carbons (Fsp3) is 0.308. The Labute approximate surface area is 230 Å². The molecule has 41 heavy (non-hydrogen) atoms. The number of carbonyl (C=O) groups is 2. The molecule has 212 valence electrons. The Balaban J connectivity index is 1.51. The molecule has 1 fully saturated rings. The van der Waals surface area contributed by atoms with Crippen LogP contribution >= 0.6 is 0 Å². The molecule has 1 saturated carbocycles. The number of nitriles is 1. The van der Waals surface area contributed by atoms with E-state index in [9.17, 15) is 22.8 Å². The van der Waals surface area contributed by atoms with E-state index >= 15 is 0 Å². The second-order valence-corrected chi connectivity index (χ2v) is 9.39. The van der Waals surface area contributed by atoms with Crippen molar-refractivity contribution in [3.63, 3.8) is 0 Å². The molecule has 0 radical (unpaired) electrons. The number of alkyl halides is 3. The maximum Gasteiger partial charge on any atom is 0.435 e. The van der Waals surface area contributed by atoms with Crippen molar-refractivity contribution < 1.29 is 27.5 Å². The number of rotatable bonds is 10. The molecule has 1 amide bonds. The van der Waals surface area contributed by atoms with Crippen LogP contribution in [0.15, 0.2) is 36.9 Å². The van der Waals surface area contributed by atoms with E-state index in [0.717, 1.165) is 17.3 Å². The summed E-state index contributed by atoms with van der Waals surface area (Å²) >= 11 is 0. The van der Waals surface area contributed by atoms with Gasteiger partial charge in [-0.3, -0.25) is 18.7 Å². The van der Waals surface area contributed by atoms with Gasteiger partial charge < -0.3 is 21.1 Å². The lowest BCUT2D eigenvalue weighted by atomic mass is 10.0. The van der Waals surface area contributed by atoms with Crippen LogP contribution in [0.5, 0.6) is 5.75 Å². The Bertz CT molecular complexity index is 1670. The highest BCUT2D eigenvalue weighted by Gasteiger charge is 2.38. The van der Waals surface area contributed by atoms with Crippen molar-refractivity contribution in [3.05, 3.63) is 53.7 Å². The maximum absolute atomic E-state index is 13.8. The minimum absolute atomic E-state index is 0.0722. The first-order valence-electron chi connectivity index (χ1n) is 12.6. The van der Waals surface area contributed by atoms with Gasteiger partial charge in [-0.1, -0.05) is 6.92 Å². The molecule has 0 saturated heterocycles. The van der Waals surface area contributed by atoms with Gasteiger partial charge in [-0.25, -0.2) is 9.97 Å². The van der Waals surface area contributed by atoms with E-state index in [-0.39, 0.29) is 65.0 Å². The molecule has 1 aliphatic carbocycles. The van der Waals surface area contributed by atoms with Crippen LogP contribution < -0.4 is 21.1 Å². The van der Waals surface area contributed by atoms with Crippen molar-refractivity contribution >= 4 is 29.5 Å². The van der Waals surface area contributed by atoms with E-state index in [1.54, 1.807) is 25.1 Å². The summed E-state index contributed by atoms with van der Waals surface area (Å²) in [4.78, 5) is 32.8. The van der Waals surface area contributed by atoms with Crippen LogP contribution in [0.4, 0.5) is 24.7 Å². The number of aromatic nitrogens is 5. The van der Waals surface area contributed by atoms with Gasteiger partial charge in [0.1, 0.15) is 6.54 Å². The fourth-order valence-corrected chi connectivity index (χ4v) is 4.60. The molecule has 5 rings (SSSR count). The van der Waals surface area contributed by atoms with E-state index in [1.165, 1.54) is 23.0 Å². The number of nitrogens with one attached hydrogen (secondary N) is 2. The van der Waals surface area contributed by atoms with E-state index in [0.29, 0.717) is 24.1 Å². The monoisotopic (exact) mass is 567 g/mol. The van der Waals surface area contributed by atoms with Crippen molar-refractivity contribution in [2.24, 2.45) is 11.7 Å². The molecular weight excluding hydrogens is 543 g/mol. The van der Waals surface area contributed by atoms with Crippen LogP contribution in [-0.2, 0) is 23.9 Å². The van der Waals surface area contributed by atoms with Crippen molar-refractivity contribution in [2.75, 3.05) is 11.9 Å². The first-order chi connectivity index (χ1) is 19.7. The Morgan fingerprint density at radius 2 is 2.12 bits per heavy atom. The normalized spacial score (nSPS) is 16.3. The number of imidazole rings is 1. The zero-order chi connectivity index (χ0) is 29.3. The highest BCUT2D eigenvalue weighted by atomic mass is 19.4. The number of nitrogens with two attached hydrogens (primary N) is 1. The molecule has 4 N–H and O–H groups in total. The van der Waals surface area contributed by atoms with Crippen molar-refractivity contribution in [2.45, 2.75) is 38.5 Å². The first-order valence-corrected chi connectivity index (χ1v) is 12.6. The molecule has 3 heterocycles. The van der Waals surface area contributed by atoms with Gasteiger partial charge in [0.2, 0.25) is 0 Å². The summed E-state index contributed by atoms with van der Waals surface area (Å²) in [6.45, 7) is 2.11. The lowest BCUT2D eigenvalue weighted by molar-refractivity contribution is -0.141. The molecular formula is C26H24F3N9O3. The van der Waals surface area contributed by atoms with Crippen LogP contribution in [0.1, 0.15) is 35.0 Å². The molecule has 3 aromatic heterocycles. The summed E-state index contributed by atoms with van der Waals surface area (Å²) < 4.78 is 48.9. The van der Waals surface area contributed by atoms with Crippen LogP contribution in [0.2, 0.25) is 0 Å². The third-order valence-corrected chi connectivity index (χ3v) is 6.75. The second kappa shape index (κ2) is 10.9. The summed E-state index contributed by atoms with van der Waals surface area (Å²) in [5.74, 6) is 0.147. The molecule has 1 aliphatic rings. The van der Waals surface area contributed by atoms with Gasteiger partial charge in [-0.2, -0.15) is 23.5 Å². The summed E-state index contributed by atoms with van der Waals surface area (Å²) in [5, 5.41) is 18.3. The van der Waals surface area contributed by atoms with E-state index < -0.39 is 11.9 Å². The van der Waals surface area contributed by atoms with Crippen LogP contribution in [0.3, 0.4) is 0 Å². The Morgan fingerprint density at radius 3 is 2.78 bits per heavy atom. The number of fused-ring (bicyclic) bond motifs is 1. The summed E-state index contributed by atoms with van der Waals surface area (Å²) in [5.41, 5.74) is 5.72. The van der Waals surface area contributed by atoms with Crippen LogP contribution in [0, 0.1) is 17.2 Å². The van der Waals surface area contributed by atoms with Gasteiger partial charge in [0.15, 0.2) is 22.9 Å². The minimum Gasteiger partial charge on any atom is -0.426 e. The van der Waals surface area contributed by atoms with Crippen molar-refractivity contribution in [1.29, 1.82) is 5.26 Å². The number of halogens is 3. The predicted molar refractivity (Wildman–Crippen MR) is 139 cm³/mol. The predicted octanol–water partition coefficient (Wildman–Crippen LogP) is 3.05. The number of anilines is 2. The van der Waals surface area contributed by atoms with Gasteiger partial charge in [0.25, 0.3) is 12.4 Å². The topological polar surface area (TPSA) is 165 Å². The molecule has 0 aliphatic heterocycles. The first kappa shape index (κ1) is 27.6. The number of hydrogen-bond acceptors (Lipinski definition) is 9. The second-order valence-electron chi connectivity index (χ2n) is 9.39. The van der Waals surface area contributed by atoms with Gasteiger partial charge >= 0.3 is 6.18 Å². The molecule has 2 atom stereocenters. The molecule has 12 nitrogen and oxygen atoms in total. The number of ether oxygens (including phenoxy) is 1. The number of benzene rings is 1. The molecule has 2 unspecified atom stereocenters. The SMILES string of the molecule is CCc1c(C(=O)NCC2CC2N)ccc(Nc2nccn3c(-c4cn(CC#N)nc4C(F)(F)F)cnc23)c1OC=O. The smallest absolute Gasteiger partial charge is 0.426 e. The quantitative estimate of drug-likeness (QED) is 0.244. The summed E-state index contributed by atoms with van der Waals surface area (Å²) in [7, 11) is 0. The molecule has 1 aromatic carbocycles. The maximum atomic E-state index is 13.8. The zero-order valence-electron chi connectivity index (χ0n) is 21.6. The van der Waals surface area contributed by atoms with E-state index in [1.807, 2.05) is 0 Å². The van der Waals surface area contributed by atoms with E-state index in [2.05, 4.69) is 25.7 Å². The standard InChI is InChI=1S/C26H24F3N9O3/c1-2-15-16(25(40)34-10-14-9-18(14)31)3-4-19(21(15)41-13-39)35-23-24-33-11-20(38(24)8-6-32-23)17-12-37(7-5-30)36-22(17)26(27,28)29/h3-4,6,8,11-14,18H,2,7,9-10,31H2,1H3,(H,32,35)(H,34,40). The number of amides is 1. The Morgan fingerprint density at radius 1 is 1.34 bits per heavy atom. The van der Waals surface area contributed by atoms with Crippen LogP contribution in [0.25, 0.3) is 16.9 Å². The summed E-state index contributed by atoms with van der Waals surface area (Å²) in [6, 6.07) is 4.97. The third-order valence-electron chi connectivity index (χ3n) is 6.75. The minimum atomic E-state index is -4.77. The Kier molecular flexibility index (Phi) is 7.33. The number of carbonyl (C=O) groups excluding carboxylic acids is 2. The van der Waals surface area contributed by atoms with Crippen molar-refractivity contribution in [3.8, 4) is 23.1 Å². The van der Waals surface area contributed by atoms with Crippen molar-refractivity contribution in [1.82, 2.24) is 29.5 Å². The molecule has 0 bridgehead atoms. The lowest BCUT2D eigenvalue weighted by Gasteiger charge is -2.17. The third kappa shape index (κ3) is 5.41. The van der Waals surface area contributed by atoms with Gasteiger partial charge in [-0.05, 0) is 30.9 Å². The molecule has 0 spiro atoms. The largest absolute Gasteiger partial charge is 0.435 e. The van der Waals surface area contributed by atoms with Gasteiger partial charge in [-0.15, -0.1) is 0 Å². The van der Waals surface area contributed by atoms with Gasteiger partial charge in [0, 0.05) is 42.3 Å². The molecule has 4 aromatic rings. The number of nitrogens with zero attached hydrogens (tertiary/aromatic N) is 6. The Hall–Kier alpha value is -4.97. The highest BCUT2D eigenvalue weighted by molar-refractivity contribution is 5.98. The lowest BCUT2D eigenvalue weighted by Crippen LogP contribution is -2.28. The van der Waals surface area contributed by atoms with Gasteiger partial charge in [0.05, 0.1) is 29.2 Å². The molecule has 15 heteroatoms. The number of hydrogen-bond donors (Lipinski definition) is 3. The van der Waals surface area contributed by atoms with E-state index in [4.69, 9.17) is 15.7 Å². The zero-order valence-corrected chi connectivity index (χ0v) is 21.6. The highest BCUT2D eigenvalue weighted by Crippen LogP contribution is 2.38. The summed E-state index contributed by atoms with van der Waals surface area (Å²) in [6.07, 6.45) is 1.59.